The quantitative estimate of drug-likeness (QED) is 0.887. The summed E-state index contributed by atoms with van der Waals surface area (Å²) in [4.78, 5) is 40.6. The summed E-state index contributed by atoms with van der Waals surface area (Å²) in [7, 11) is 1.54. The van der Waals surface area contributed by atoms with Crippen molar-refractivity contribution in [3.8, 4) is 0 Å². The number of aromatic nitrogens is 2. The number of hydrogen-bond acceptors (Lipinski definition) is 4. The van der Waals surface area contributed by atoms with E-state index in [0.29, 0.717) is 12.1 Å². The predicted molar refractivity (Wildman–Crippen MR) is 80.0 cm³/mol. The Morgan fingerprint density at radius 3 is 2.82 bits per heavy atom. The molecule has 0 aromatic carbocycles. The zero-order valence-corrected chi connectivity index (χ0v) is 12.4. The second-order valence-electron chi connectivity index (χ2n) is 5.13. The molecule has 2 aromatic heterocycles. The van der Waals surface area contributed by atoms with E-state index in [-0.39, 0.29) is 18.5 Å². The summed E-state index contributed by atoms with van der Waals surface area (Å²) >= 11 is 0. The van der Waals surface area contributed by atoms with Gasteiger partial charge in [-0.1, -0.05) is 0 Å². The molecular weight excluding hydrogens is 286 g/mol. The summed E-state index contributed by atoms with van der Waals surface area (Å²) in [6.45, 7) is 2.16. The minimum atomic E-state index is -0.913. The number of amides is 1. The van der Waals surface area contributed by atoms with Gasteiger partial charge < -0.3 is 10.0 Å². The topological polar surface area (TPSA) is 92.0 Å². The molecule has 1 N–H and O–H groups in total. The monoisotopic (exact) mass is 303 g/mol. The van der Waals surface area contributed by atoms with Crippen LogP contribution in [0.4, 0.5) is 0 Å². The Bertz CT molecular complexity index is 782. The van der Waals surface area contributed by atoms with E-state index < -0.39 is 17.4 Å². The average molecular weight is 303 g/mol. The summed E-state index contributed by atoms with van der Waals surface area (Å²) in [5.74, 6) is -1.37. The maximum absolute atomic E-state index is 12.3. The molecule has 116 valence electrons. The van der Waals surface area contributed by atoms with Crippen molar-refractivity contribution in [2.75, 3.05) is 13.6 Å². The van der Waals surface area contributed by atoms with Gasteiger partial charge in [-0.05, 0) is 31.0 Å². The zero-order valence-electron chi connectivity index (χ0n) is 12.4. The van der Waals surface area contributed by atoms with E-state index in [1.165, 1.54) is 22.5 Å². The van der Waals surface area contributed by atoms with Crippen LogP contribution < -0.4 is 5.56 Å². The molecule has 7 heteroatoms. The van der Waals surface area contributed by atoms with Gasteiger partial charge in [-0.2, -0.15) is 0 Å². The highest BCUT2D eigenvalue weighted by Gasteiger charge is 2.17. The Labute approximate surface area is 126 Å². The molecular formula is C15H17N3O4. The number of pyridine rings is 1. The van der Waals surface area contributed by atoms with Crippen LogP contribution in [-0.4, -0.2) is 44.9 Å². The third-order valence-corrected chi connectivity index (χ3v) is 3.33. The first-order valence-electron chi connectivity index (χ1n) is 6.85. The van der Waals surface area contributed by atoms with Crippen LogP contribution in [0.15, 0.2) is 29.3 Å². The first-order chi connectivity index (χ1) is 10.4. The van der Waals surface area contributed by atoms with Crippen LogP contribution in [0.5, 0.6) is 0 Å². The third-order valence-electron chi connectivity index (χ3n) is 3.33. The molecule has 0 spiro atoms. The van der Waals surface area contributed by atoms with Crippen molar-refractivity contribution in [1.29, 1.82) is 0 Å². The molecule has 0 saturated carbocycles. The van der Waals surface area contributed by atoms with E-state index in [1.54, 1.807) is 18.3 Å². The van der Waals surface area contributed by atoms with Gasteiger partial charge in [0.15, 0.2) is 0 Å². The van der Waals surface area contributed by atoms with Gasteiger partial charge >= 0.3 is 5.97 Å². The number of aryl methyl sites for hydroxylation is 1. The molecule has 0 aliphatic heterocycles. The highest BCUT2D eigenvalue weighted by atomic mass is 16.4. The molecule has 0 saturated heterocycles. The Morgan fingerprint density at radius 2 is 2.14 bits per heavy atom. The second kappa shape index (κ2) is 6.38. The lowest BCUT2D eigenvalue weighted by atomic mass is 10.2. The van der Waals surface area contributed by atoms with E-state index >= 15 is 0 Å². The van der Waals surface area contributed by atoms with Gasteiger partial charge in [-0.15, -0.1) is 0 Å². The Hall–Kier alpha value is -2.70. The van der Waals surface area contributed by atoms with Crippen molar-refractivity contribution in [3.05, 3.63) is 46.0 Å². The fourth-order valence-electron chi connectivity index (χ4n) is 2.10. The molecule has 0 aliphatic rings. The third kappa shape index (κ3) is 3.30. The molecule has 0 bridgehead atoms. The van der Waals surface area contributed by atoms with Crippen LogP contribution in [-0.2, 0) is 4.79 Å². The van der Waals surface area contributed by atoms with Crippen LogP contribution in [0.3, 0.4) is 0 Å². The fourth-order valence-corrected chi connectivity index (χ4v) is 2.10. The lowest BCUT2D eigenvalue weighted by Crippen LogP contribution is -2.34. The van der Waals surface area contributed by atoms with Gasteiger partial charge in [0, 0.05) is 32.4 Å². The van der Waals surface area contributed by atoms with Gasteiger partial charge in [0.25, 0.3) is 11.5 Å². The minimum absolute atomic E-state index is 0.0220. The Kier molecular flexibility index (Phi) is 4.55. The number of rotatable bonds is 5. The molecule has 22 heavy (non-hydrogen) atoms. The number of carboxylic acids is 1. The smallest absolute Gasteiger partial charge is 0.303 e. The first kappa shape index (κ1) is 15.7. The van der Waals surface area contributed by atoms with E-state index in [1.807, 2.05) is 6.92 Å². The summed E-state index contributed by atoms with van der Waals surface area (Å²) in [5, 5.41) is 8.60. The molecule has 0 radical (unpaired) electrons. The van der Waals surface area contributed by atoms with Crippen molar-refractivity contribution < 1.29 is 14.7 Å². The molecule has 1 amide bonds. The van der Waals surface area contributed by atoms with E-state index in [9.17, 15) is 14.4 Å². The summed E-state index contributed by atoms with van der Waals surface area (Å²) in [6.07, 6.45) is 3.17. The van der Waals surface area contributed by atoms with E-state index in [4.69, 9.17) is 5.11 Å². The Morgan fingerprint density at radius 1 is 1.41 bits per heavy atom. The van der Waals surface area contributed by atoms with Gasteiger partial charge in [-0.25, -0.2) is 4.98 Å². The maximum atomic E-state index is 12.3. The van der Waals surface area contributed by atoms with Crippen molar-refractivity contribution in [2.24, 2.45) is 0 Å². The zero-order chi connectivity index (χ0) is 16.3. The summed E-state index contributed by atoms with van der Waals surface area (Å²) in [5.41, 5.74) is 0.992. The standard InChI is InChI=1S/C15H17N3O4/c1-10-5-7-18-12(8-10)16-9-11(15(18)22)14(21)17(2)6-3-4-13(19)20/h5,7-9H,3-4,6H2,1-2H3,(H,19,20). The lowest BCUT2D eigenvalue weighted by Gasteiger charge is -2.16. The SMILES string of the molecule is Cc1ccn2c(=O)c(C(=O)N(C)CCCC(=O)O)cnc2c1. The minimum Gasteiger partial charge on any atom is -0.481 e. The summed E-state index contributed by atoms with van der Waals surface area (Å²) in [6, 6.07) is 3.52. The van der Waals surface area contributed by atoms with Crippen LogP contribution in [0.25, 0.3) is 5.65 Å². The highest BCUT2D eigenvalue weighted by molar-refractivity contribution is 5.93. The van der Waals surface area contributed by atoms with Crippen molar-refractivity contribution >= 4 is 17.5 Å². The second-order valence-corrected chi connectivity index (χ2v) is 5.13. The molecule has 2 aromatic rings. The fraction of sp³-hybridized carbons (Fsp3) is 0.333. The number of fused-ring (bicyclic) bond motifs is 1. The van der Waals surface area contributed by atoms with Crippen LogP contribution in [0.2, 0.25) is 0 Å². The van der Waals surface area contributed by atoms with Gasteiger partial charge in [0.1, 0.15) is 11.2 Å². The summed E-state index contributed by atoms with van der Waals surface area (Å²) < 4.78 is 1.32. The normalized spacial score (nSPS) is 10.6. The highest BCUT2D eigenvalue weighted by Crippen LogP contribution is 2.04. The number of aliphatic carboxylic acids is 1. The van der Waals surface area contributed by atoms with E-state index in [0.717, 1.165) is 5.56 Å². The van der Waals surface area contributed by atoms with Gasteiger partial charge in [0.2, 0.25) is 0 Å². The molecule has 0 unspecified atom stereocenters. The molecule has 0 aliphatic carbocycles. The number of carbonyl (C=O) groups is 2. The maximum Gasteiger partial charge on any atom is 0.303 e. The van der Waals surface area contributed by atoms with Crippen LogP contribution >= 0.6 is 0 Å². The van der Waals surface area contributed by atoms with Gasteiger partial charge in [0.05, 0.1) is 0 Å². The number of carboxylic acid groups (broad SMARTS) is 1. The van der Waals surface area contributed by atoms with Crippen molar-refractivity contribution in [3.63, 3.8) is 0 Å². The number of carbonyl (C=O) groups excluding carboxylic acids is 1. The molecule has 2 rings (SSSR count). The predicted octanol–water partition coefficient (Wildman–Crippen LogP) is 0.940. The molecule has 7 nitrogen and oxygen atoms in total. The molecule has 0 atom stereocenters. The molecule has 0 fully saturated rings. The largest absolute Gasteiger partial charge is 0.481 e. The van der Waals surface area contributed by atoms with Crippen LogP contribution in [0.1, 0.15) is 28.8 Å². The molecule has 2 heterocycles. The van der Waals surface area contributed by atoms with E-state index in [2.05, 4.69) is 4.98 Å². The number of hydrogen-bond donors (Lipinski definition) is 1. The first-order valence-corrected chi connectivity index (χ1v) is 6.85. The van der Waals surface area contributed by atoms with Gasteiger partial charge in [-0.3, -0.25) is 18.8 Å². The van der Waals surface area contributed by atoms with Crippen molar-refractivity contribution in [1.82, 2.24) is 14.3 Å². The lowest BCUT2D eigenvalue weighted by molar-refractivity contribution is -0.137. The average Bonchev–Trinajstić information content (AvgIpc) is 2.46. The Balaban J connectivity index is 2.25. The van der Waals surface area contributed by atoms with Crippen LogP contribution in [0, 0.1) is 6.92 Å². The number of nitrogens with zero attached hydrogens (tertiary/aromatic N) is 3. The van der Waals surface area contributed by atoms with Crippen molar-refractivity contribution in [2.45, 2.75) is 19.8 Å².